The van der Waals surface area contributed by atoms with E-state index in [9.17, 15) is 4.39 Å². The van der Waals surface area contributed by atoms with Crippen LogP contribution in [0.2, 0.25) is 10.0 Å². The number of nitrogens with zero attached hydrogens (tertiary/aromatic N) is 2. The molecule has 3 rings (SSSR count). The fourth-order valence-electron chi connectivity index (χ4n) is 2.27. The Balaban J connectivity index is 2.39. The van der Waals surface area contributed by atoms with Gasteiger partial charge >= 0.3 is 0 Å². The van der Waals surface area contributed by atoms with Crippen LogP contribution in [0.3, 0.4) is 0 Å². The lowest BCUT2D eigenvalue weighted by Gasteiger charge is -2.12. The molecule has 0 aliphatic heterocycles. The van der Waals surface area contributed by atoms with E-state index in [1.165, 1.54) is 12.1 Å². The van der Waals surface area contributed by atoms with Gasteiger partial charge < -0.3 is 0 Å². The lowest BCUT2D eigenvalue weighted by Crippen LogP contribution is -2.02. The second-order valence-electron chi connectivity index (χ2n) is 4.62. The van der Waals surface area contributed by atoms with Crippen molar-refractivity contribution < 1.29 is 4.39 Å². The van der Waals surface area contributed by atoms with Gasteiger partial charge in [0, 0.05) is 0 Å². The maximum atomic E-state index is 13.3. The Morgan fingerprint density at radius 1 is 1.14 bits per heavy atom. The number of benzene rings is 2. The average molecular weight is 344 g/mol. The van der Waals surface area contributed by atoms with E-state index in [1.807, 2.05) is 19.1 Å². The fourth-order valence-corrected chi connectivity index (χ4v) is 2.88. The van der Waals surface area contributed by atoms with Gasteiger partial charge in [-0.2, -0.15) is 0 Å². The Kier molecular flexibility index (Phi) is 3.82. The molecule has 0 aliphatic rings. The SMILES string of the molecule is CC(Cl)c1nc2c(Cl)cccc2n1-c1ccc(F)cc1Cl. The molecule has 2 aromatic carbocycles. The summed E-state index contributed by atoms with van der Waals surface area (Å²) in [4.78, 5) is 4.50. The number of rotatable bonds is 2. The average Bonchev–Trinajstić information content (AvgIpc) is 2.80. The zero-order chi connectivity index (χ0) is 15.1. The maximum Gasteiger partial charge on any atom is 0.132 e. The summed E-state index contributed by atoms with van der Waals surface area (Å²) < 4.78 is 15.1. The van der Waals surface area contributed by atoms with Crippen LogP contribution in [0.1, 0.15) is 18.1 Å². The Labute approximate surface area is 136 Å². The highest BCUT2D eigenvalue weighted by Gasteiger charge is 2.19. The molecule has 3 aromatic rings. The zero-order valence-corrected chi connectivity index (χ0v) is 13.2. The number of hydrogen-bond acceptors (Lipinski definition) is 1. The van der Waals surface area contributed by atoms with Crippen molar-refractivity contribution >= 4 is 45.8 Å². The van der Waals surface area contributed by atoms with E-state index in [2.05, 4.69) is 4.98 Å². The molecule has 0 N–H and O–H groups in total. The lowest BCUT2D eigenvalue weighted by atomic mass is 10.2. The molecule has 0 spiro atoms. The number of aromatic nitrogens is 2. The van der Waals surface area contributed by atoms with Gasteiger partial charge in [-0.3, -0.25) is 4.57 Å². The molecule has 0 fully saturated rings. The minimum Gasteiger partial charge on any atom is -0.293 e. The largest absolute Gasteiger partial charge is 0.293 e. The van der Waals surface area contributed by atoms with Gasteiger partial charge in [0.1, 0.15) is 17.2 Å². The van der Waals surface area contributed by atoms with E-state index in [-0.39, 0.29) is 10.4 Å². The first kappa shape index (κ1) is 14.6. The molecular formula is C15H10Cl3FN2. The van der Waals surface area contributed by atoms with Gasteiger partial charge in [-0.25, -0.2) is 9.37 Å². The molecule has 0 amide bonds. The van der Waals surface area contributed by atoms with Crippen LogP contribution in [-0.2, 0) is 0 Å². The maximum absolute atomic E-state index is 13.3. The second kappa shape index (κ2) is 5.48. The van der Waals surface area contributed by atoms with Crippen molar-refractivity contribution in [2.75, 3.05) is 0 Å². The number of fused-ring (bicyclic) bond motifs is 1. The smallest absolute Gasteiger partial charge is 0.132 e. The number of hydrogen-bond donors (Lipinski definition) is 0. The number of halogens is 4. The summed E-state index contributed by atoms with van der Waals surface area (Å²) in [5, 5.41) is 0.463. The van der Waals surface area contributed by atoms with Crippen molar-refractivity contribution in [2.45, 2.75) is 12.3 Å². The summed E-state index contributed by atoms with van der Waals surface area (Å²) in [5.74, 6) is 0.208. The van der Waals surface area contributed by atoms with Crippen LogP contribution in [0.25, 0.3) is 16.7 Å². The standard InChI is InChI=1S/C15H10Cl3FN2/c1-8(16)15-20-14-10(17)3-2-4-13(14)21(15)12-6-5-9(19)7-11(12)18/h2-8H,1H3. The Morgan fingerprint density at radius 3 is 2.57 bits per heavy atom. The van der Waals surface area contributed by atoms with Crippen LogP contribution in [-0.4, -0.2) is 9.55 Å². The van der Waals surface area contributed by atoms with Gasteiger partial charge in [0.05, 0.1) is 26.6 Å². The third-order valence-electron chi connectivity index (χ3n) is 3.17. The zero-order valence-electron chi connectivity index (χ0n) is 10.9. The van der Waals surface area contributed by atoms with Crippen LogP contribution in [0, 0.1) is 5.82 Å². The van der Waals surface area contributed by atoms with Crippen molar-refractivity contribution in [3.8, 4) is 5.69 Å². The number of alkyl halides is 1. The molecule has 0 radical (unpaired) electrons. The third-order valence-corrected chi connectivity index (χ3v) is 3.97. The minimum atomic E-state index is -0.397. The molecule has 1 aromatic heterocycles. The minimum absolute atomic E-state index is 0.285. The first-order valence-electron chi connectivity index (χ1n) is 6.25. The first-order valence-corrected chi connectivity index (χ1v) is 7.44. The van der Waals surface area contributed by atoms with Crippen molar-refractivity contribution in [3.05, 3.63) is 58.1 Å². The molecule has 1 unspecified atom stereocenters. The quantitative estimate of drug-likeness (QED) is 0.540. The van der Waals surface area contributed by atoms with E-state index in [0.29, 0.717) is 22.1 Å². The lowest BCUT2D eigenvalue weighted by molar-refractivity contribution is 0.627. The predicted octanol–water partition coefficient (Wildman–Crippen LogP) is 5.77. The molecule has 2 nitrogen and oxygen atoms in total. The molecule has 6 heteroatoms. The highest BCUT2D eigenvalue weighted by molar-refractivity contribution is 6.35. The Bertz CT molecular complexity index is 827. The molecule has 0 saturated carbocycles. The highest BCUT2D eigenvalue weighted by atomic mass is 35.5. The third kappa shape index (κ3) is 2.50. The van der Waals surface area contributed by atoms with E-state index in [1.54, 1.807) is 16.7 Å². The molecule has 0 bridgehead atoms. The van der Waals surface area contributed by atoms with Gasteiger partial charge in [-0.1, -0.05) is 29.3 Å². The molecule has 0 saturated heterocycles. The fraction of sp³-hybridized carbons (Fsp3) is 0.133. The Morgan fingerprint density at radius 2 is 1.90 bits per heavy atom. The topological polar surface area (TPSA) is 17.8 Å². The molecule has 108 valence electrons. The normalized spacial score (nSPS) is 12.8. The Hall–Kier alpha value is -1.29. The van der Waals surface area contributed by atoms with Gasteiger partial charge in [-0.15, -0.1) is 11.6 Å². The van der Waals surface area contributed by atoms with Gasteiger partial charge in [0.15, 0.2) is 0 Å². The summed E-state index contributed by atoms with van der Waals surface area (Å²) >= 11 is 18.6. The summed E-state index contributed by atoms with van der Waals surface area (Å²) in [6, 6.07) is 9.66. The summed E-state index contributed by atoms with van der Waals surface area (Å²) in [7, 11) is 0. The predicted molar refractivity (Wildman–Crippen MR) is 85.3 cm³/mol. The van der Waals surface area contributed by atoms with Crippen molar-refractivity contribution in [1.29, 1.82) is 0 Å². The van der Waals surface area contributed by atoms with Crippen LogP contribution < -0.4 is 0 Å². The van der Waals surface area contributed by atoms with Crippen LogP contribution in [0.4, 0.5) is 4.39 Å². The first-order chi connectivity index (χ1) is 9.99. The molecule has 0 aliphatic carbocycles. The molecular weight excluding hydrogens is 334 g/mol. The monoisotopic (exact) mass is 342 g/mol. The van der Waals surface area contributed by atoms with Crippen LogP contribution in [0.15, 0.2) is 36.4 Å². The number of imidazole rings is 1. The van der Waals surface area contributed by atoms with Crippen molar-refractivity contribution in [3.63, 3.8) is 0 Å². The van der Waals surface area contributed by atoms with Crippen LogP contribution >= 0.6 is 34.8 Å². The van der Waals surface area contributed by atoms with Gasteiger partial charge in [0.25, 0.3) is 0 Å². The van der Waals surface area contributed by atoms with E-state index in [4.69, 9.17) is 34.8 Å². The second-order valence-corrected chi connectivity index (χ2v) is 6.09. The van der Waals surface area contributed by atoms with E-state index in [0.717, 1.165) is 5.52 Å². The number of para-hydroxylation sites is 1. The van der Waals surface area contributed by atoms with Crippen molar-refractivity contribution in [2.24, 2.45) is 0 Å². The van der Waals surface area contributed by atoms with E-state index < -0.39 is 5.82 Å². The molecule has 1 heterocycles. The molecule has 1 atom stereocenters. The molecule has 21 heavy (non-hydrogen) atoms. The van der Waals surface area contributed by atoms with Crippen LogP contribution in [0.5, 0.6) is 0 Å². The van der Waals surface area contributed by atoms with Gasteiger partial charge in [-0.05, 0) is 37.3 Å². The summed E-state index contributed by atoms with van der Waals surface area (Å²) in [6.45, 7) is 1.81. The van der Waals surface area contributed by atoms with E-state index >= 15 is 0 Å². The van der Waals surface area contributed by atoms with Crippen molar-refractivity contribution in [1.82, 2.24) is 9.55 Å². The van der Waals surface area contributed by atoms with Gasteiger partial charge in [0.2, 0.25) is 0 Å². The highest BCUT2D eigenvalue weighted by Crippen LogP contribution is 2.33. The summed E-state index contributed by atoms with van der Waals surface area (Å²) in [6.07, 6.45) is 0. The summed E-state index contributed by atoms with van der Waals surface area (Å²) in [5.41, 5.74) is 2.03.